The SMILES string of the molecule is Cl.Cl.NC1(C(=O)N2CCN(CC3CCOC3)CC2)CCCC1. The van der Waals surface area contributed by atoms with Gasteiger partial charge >= 0.3 is 0 Å². The summed E-state index contributed by atoms with van der Waals surface area (Å²) in [6.45, 7) is 6.59. The first-order valence-corrected chi connectivity index (χ1v) is 8.06. The zero-order valence-electron chi connectivity index (χ0n) is 13.2. The van der Waals surface area contributed by atoms with E-state index in [9.17, 15) is 4.79 Å². The first kappa shape index (κ1) is 20.0. The molecule has 0 radical (unpaired) electrons. The first-order chi connectivity index (χ1) is 9.67. The van der Waals surface area contributed by atoms with Crippen molar-refractivity contribution in [1.29, 1.82) is 0 Å². The summed E-state index contributed by atoms with van der Waals surface area (Å²) in [5.74, 6) is 0.881. The molecule has 2 aliphatic heterocycles. The molecule has 22 heavy (non-hydrogen) atoms. The fraction of sp³-hybridized carbons (Fsp3) is 0.933. The Balaban J connectivity index is 0.00000121. The summed E-state index contributed by atoms with van der Waals surface area (Å²) >= 11 is 0. The minimum Gasteiger partial charge on any atom is -0.381 e. The maximum Gasteiger partial charge on any atom is 0.242 e. The van der Waals surface area contributed by atoms with Gasteiger partial charge in [-0.25, -0.2) is 0 Å². The van der Waals surface area contributed by atoms with E-state index in [-0.39, 0.29) is 30.7 Å². The Morgan fingerprint density at radius 3 is 2.32 bits per heavy atom. The number of carbonyl (C=O) groups excluding carboxylic acids is 1. The summed E-state index contributed by atoms with van der Waals surface area (Å²) in [5.41, 5.74) is 5.72. The summed E-state index contributed by atoms with van der Waals surface area (Å²) in [6, 6.07) is 0. The average molecular weight is 354 g/mol. The molecule has 2 N–H and O–H groups in total. The summed E-state index contributed by atoms with van der Waals surface area (Å²) in [6.07, 6.45) is 5.12. The van der Waals surface area contributed by atoms with E-state index in [1.54, 1.807) is 0 Å². The van der Waals surface area contributed by atoms with Crippen LogP contribution in [0.25, 0.3) is 0 Å². The summed E-state index contributed by atoms with van der Waals surface area (Å²) < 4.78 is 5.43. The molecule has 0 aromatic carbocycles. The molecule has 1 saturated carbocycles. The van der Waals surface area contributed by atoms with Crippen molar-refractivity contribution >= 4 is 30.7 Å². The van der Waals surface area contributed by atoms with E-state index in [2.05, 4.69) is 4.90 Å². The Morgan fingerprint density at radius 1 is 1.14 bits per heavy atom. The van der Waals surface area contributed by atoms with Crippen LogP contribution in [-0.4, -0.2) is 67.2 Å². The van der Waals surface area contributed by atoms with Crippen LogP contribution in [0, 0.1) is 5.92 Å². The van der Waals surface area contributed by atoms with Crippen LogP contribution in [0.3, 0.4) is 0 Å². The number of rotatable bonds is 3. The number of halogens is 2. The van der Waals surface area contributed by atoms with Crippen LogP contribution in [0.4, 0.5) is 0 Å². The number of hydrogen-bond acceptors (Lipinski definition) is 4. The highest BCUT2D eigenvalue weighted by atomic mass is 35.5. The van der Waals surface area contributed by atoms with E-state index in [0.717, 1.165) is 71.6 Å². The molecular formula is C15H29Cl2N3O2. The van der Waals surface area contributed by atoms with Gasteiger partial charge in [0.2, 0.25) is 5.91 Å². The Labute approximate surface area is 145 Å². The largest absolute Gasteiger partial charge is 0.381 e. The summed E-state index contributed by atoms with van der Waals surface area (Å²) in [7, 11) is 0. The number of nitrogens with zero attached hydrogens (tertiary/aromatic N) is 2. The Bertz CT molecular complexity index is 351. The second-order valence-corrected chi connectivity index (χ2v) is 6.69. The van der Waals surface area contributed by atoms with Gasteiger partial charge in [-0.1, -0.05) is 12.8 Å². The zero-order valence-corrected chi connectivity index (χ0v) is 14.8. The molecule has 3 rings (SSSR count). The van der Waals surface area contributed by atoms with Crippen molar-refractivity contribution in [3.8, 4) is 0 Å². The van der Waals surface area contributed by atoms with Crippen LogP contribution < -0.4 is 5.73 Å². The second-order valence-electron chi connectivity index (χ2n) is 6.69. The number of hydrogen-bond donors (Lipinski definition) is 1. The van der Waals surface area contributed by atoms with Crippen molar-refractivity contribution in [2.45, 2.75) is 37.6 Å². The topological polar surface area (TPSA) is 58.8 Å². The van der Waals surface area contributed by atoms with E-state index in [1.807, 2.05) is 4.90 Å². The van der Waals surface area contributed by atoms with E-state index < -0.39 is 5.54 Å². The molecular weight excluding hydrogens is 325 g/mol. The fourth-order valence-corrected chi connectivity index (χ4v) is 3.76. The van der Waals surface area contributed by atoms with Gasteiger partial charge in [0, 0.05) is 39.3 Å². The molecule has 3 fully saturated rings. The van der Waals surface area contributed by atoms with Crippen LogP contribution in [0.15, 0.2) is 0 Å². The Hall–Kier alpha value is -0.0700. The molecule has 1 aliphatic carbocycles. The molecule has 3 aliphatic rings. The molecule has 0 aromatic rings. The molecule has 0 spiro atoms. The fourth-order valence-electron chi connectivity index (χ4n) is 3.76. The van der Waals surface area contributed by atoms with Gasteiger partial charge in [0.25, 0.3) is 0 Å². The highest BCUT2D eigenvalue weighted by Crippen LogP contribution is 2.29. The molecule has 7 heteroatoms. The van der Waals surface area contributed by atoms with E-state index in [1.165, 1.54) is 6.42 Å². The second kappa shape index (κ2) is 8.69. The number of ether oxygens (including phenoxy) is 1. The number of carbonyl (C=O) groups is 1. The highest BCUT2D eigenvalue weighted by molar-refractivity contribution is 5.86. The third kappa shape index (κ3) is 4.48. The van der Waals surface area contributed by atoms with E-state index in [0.29, 0.717) is 5.92 Å². The molecule has 130 valence electrons. The van der Waals surface area contributed by atoms with Crippen molar-refractivity contribution in [2.75, 3.05) is 45.9 Å². The molecule has 1 amide bonds. The van der Waals surface area contributed by atoms with E-state index >= 15 is 0 Å². The highest BCUT2D eigenvalue weighted by Gasteiger charge is 2.40. The summed E-state index contributed by atoms with van der Waals surface area (Å²) in [5, 5.41) is 0. The van der Waals surface area contributed by atoms with Gasteiger partial charge in [-0.15, -0.1) is 24.8 Å². The van der Waals surface area contributed by atoms with Crippen LogP contribution in [-0.2, 0) is 9.53 Å². The quantitative estimate of drug-likeness (QED) is 0.830. The first-order valence-electron chi connectivity index (χ1n) is 8.06. The van der Waals surface area contributed by atoms with Gasteiger partial charge in [0.05, 0.1) is 12.1 Å². The van der Waals surface area contributed by atoms with Crippen LogP contribution in [0.5, 0.6) is 0 Å². The van der Waals surface area contributed by atoms with Gasteiger partial charge in [0.1, 0.15) is 0 Å². The standard InChI is InChI=1S/C15H27N3O2.2ClH/c16-15(4-1-2-5-15)14(19)18-8-6-17(7-9-18)11-13-3-10-20-12-13;;/h13H,1-12,16H2;2*1H. The van der Waals surface area contributed by atoms with Crippen molar-refractivity contribution in [3.05, 3.63) is 0 Å². The third-order valence-electron chi connectivity index (χ3n) is 5.12. The predicted molar refractivity (Wildman–Crippen MR) is 91.8 cm³/mol. The predicted octanol–water partition coefficient (Wildman–Crippen LogP) is 1.28. The average Bonchev–Trinajstić information content (AvgIpc) is 3.11. The van der Waals surface area contributed by atoms with Gasteiger partial charge in [-0.3, -0.25) is 9.69 Å². The van der Waals surface area contributed by atoms with Gasteiger partial charge in [-0.2, -0.15) is 0 Å². The minimum atomic E-state index is -0.554. The van der Waals surface area contributed by atoms with Crippen LogP contribution in [0.2, 0.25) is 0 Å². The molecule has 2 heterocycles. The van der Waals surface area contributed by atoms with Crippen LogP contribution in [0.1, 0.15) is 32.1 Å². The number of nitrogens with two attached hydrogens (primary N) is 1. The van der Waals surface area contributed by atoms with E-state index in [4.69, 9.17) is 10.5 Å². The normalized spacial score (nSPS) is 28.0. The van der Waals surface area contributed by atoms with Crippen LogP contribution >= 0.6 is 24.8 Å². The lowest BCUT2D eigenvalue weighted by Crippen LogP contribution is -2.58. The molecule has 1 atom stereocenters. The molecule has 5 nitrogen and oxygen atoms in total. The molecule has 0 bridgehead atoms. The van der Waals surface area contributed by atoms with Gasteiger partial charge < -0.3 is 15.4 Å². The molecule has 1 unspecified atom stereocenters. The summed E-state index contributed by atoms with van der Waals surface area (Å²) in [4.78, 5) is 17.0. The third-order valence-corrected chi connectivity index (χ3v) is 5.12. The van der Waals surface area contributed by atoms with Crippen molar-refractivity contribution in [3.63, 3.8) is 0 Å². The number of piperazine rings is 1. The van der Waals surface area contributed by atoms with Crippen molar-refractivity contribution in [2.24, 2.45) is 11.7 Å². The minimum absolute atomic E-state index is 0. The van der Waals surface area contributed by atoms with Gasteiger partial charge in [-0.05, 0) is 25.2 Å². The smallest absolute Gasteiger partial charge is 0.242 e. The Morgan fingerprint density at radius 2 is 1.77 bits per heavy atom. The van der Waals surface area contributed by atoms with Crippen molar-refractivity contribution in [1.82, 2.24) is 9.80 Å². The number of amides is 1. The zero-order chi connectivity index (χ0) is 14.0. The lowest BCUT2D eigenvalue weighted by Gasteiger charge is -2.39. The van der Waals surface area contributed by atoms with Gasteiger partial charge in [0.15, 0.2) is 0 Å². The van der Waals surface area contributed by atoms with Crippen molar-refractivity contribution < 1.29 is 9.53 Å². The Kier molecular flexibility index (Phi) is 7.89. The molecule has 2 saturated heterocycles. The lowest BCUT2D eigenvalue weighted by atomic mass is 9.96. The maximum absolute atomic E-state index is 12.5. The maximum atomic E-state index is 12.5. The molecule has 0 aromatic heterocycles. The monoisotopic (exact) mass is 353 g/mol. The lowest BCUT2D eigenvalue weighted by molar-refractivity contribution is -0.138.